The number of piperidine rings is 1. The van der Waals surface area contributed by atoms with E-state index in [1.54, 1.807) is 7.11 Å². The first-order chi connectivity index (χ1) is 8.26. The van der Waals surface area contributed by atoms with Crippen LogP contribution in [-0.2, 0) is 6.42 Å². The molecule has 0 spiro atoms. The number of benzene rings is 1. The molecule has 1 fully saturated rings. The molecular weight excluding hydrogens is 234 g/mol. The maximum atomic E-state index is 6.19. The van der Waals surface area contributed by atoms with E-state index in [2.05, 4.69) is 12.2 Å². The van der Waals surface area contributed by atoms with Crippen molar-refractivity contribution in [3.05, 3.63) is 28.3 Å². The van der Waals surface area contributed by atoms with E-state index in [1.165, 1.54) is 30.4 Å². The van der Waals surface area contributed by atoms with Crippen LogP contribution in [0.15, 0.2) is 12.1 Å². The third-order valence-electron chi connectivity index (χ3n) is 3.43. The van der Waals surface area contributed by atoms with Crippen LogP contribution < -0.4 is 10.1 Å². The van der Waals surface area contributed by atoms with Crippen LogP contribution in [0.25, 0.3) is 0 Å². The van der Waals surface area contributed by atoms with Gasteiger partial charge in [-0.05, 0) is 43.5 Å². The smallest absolute Gasteiger partial charge is 0.126 e. The Kier molecular flexibility index (Phi) is 4.30. The van der Waals surface area contributed by atoms with Crippen molar-refractivity contribution in [1.82, 2.24) is 5.32 Å². The Morgan fingerprint density at radius 2 is 2.24 bits per heavy atom. The third-order valence-corrected chi connectivity index (χ3v) is 3.65. The lowest BCUT2D eigenvalue weighted by molar-refractivity contribution is 0.371. The van der Waals surface area contributed by atoms with Gasteiger partial charge in [-0.1, -0.05) is 24.9 Å². The van der Waals surface area contributed by atoms with Gasteiger partial charge in [0.1, 0.15) is 5.75 Å². The summed E-state index contributed by atoms with van der Waals surface area (Å²) in [5.74, 6) is 1.01. The van der Waals surface area contributed by atoms with E-state index in [4.69, 9.17) is 16.3 Å². The molecule has 1 atom stereocenters. The van der Waals surface area contributed by atoms with Crippen molar-refractivity contribution < 1.29 is 4.74 Å². The number of rotatable bonds is 3. The molecule has 1 heterocycles. The van der Waals surface area contributed by atoms with E-state index >= 15 is 0 Å². The summed E-state index contributed by atoms with van der Waals surface area (Å²) in [4.78, 5) is 0. The number of halogens is 1. The van der Waals surface area contributed by atoms with Gasteiger partial charge in [0.25, 0.3) is 0 Å². The largest absolute Gasteiger partial charge is 0.496 e. The molecule has 17 heavy (non-hydrogen) atoms. The van der Waals surface area contributed by atoms with Crippen molar-refractivity contribution in [2.24, 2.45) is 0 Å². The Balaban J connectivity index is 2.39. The second-order valence-corrected chi connectivity index (χ2v) is 4.98. The van der Waals surface area contributed by atoms with Crippen molar-refractivity contribution >= 4 is 11.6 Å². The van der Waals surface area contributed by atoms with Crippen LogP contribution in [0.4, 0.5) is 0 Å². The fourth-order valence-electron chi connectivity index (χ4n) is 2.56. The van der Waals surface area contributed by atoms with Gasteiger partial charge in [0.2, 0.25) is 0 Å². The number of methoxy groups -OCH3 is 1. The zero-order valence-electron chi connectivity index (χ0n) is 10.6. The number of aryl methyl sites for hydroxylation is 1. The summed E-state index contributed by atoms with van der Waals surface area (Å²) in [6, 6.07) is 4.44. The number of hydrogen-bond acceptors (Lipinski definition) is 2. The highest BCUT2D eigenvalue weighted by Gasteiger charge is 2.20. The fourth-order valence-corrected chi connectivity index (χ4v) is 2.81. The van der Waals surface area contributed by atoms with Gasteiger partial charge in [-0.3, -0.25) is 0 Å². The first-order valence-corrected chi connectivity index (χ1v) is 6.73. The zero-order chi connectivity index (χ0) is 12.3. The van der Waals surface area contributed by atoms with E-state index in [-0.39, 0.29) is 0 Å². The highest BCUT2D eigenvalue weighted by Crippen LogP contribution is 2.35. The molecule has 2 rings (SSSR count). The van der Waals surface area contributed by atoms with Crippen molar-refractivity contribution in [2.45, 2.75) is 38.6 Å². The van der Waals surface area contributed by atoms with Gasteiger partial charge in [0.05, 0.1) is 7.11 Å². The minimum atomic E-state index is 0.391. The summed E-state index contributed by atoms with van der Waals surface area (Å²) in [7, 11) is 1.74. The van der Waals surface area contributed by atoms with Crippen LogP contribution in [0, 0.1) is 0 Å². The molecular formula is C14H20ClNO. The molecule has 3 heteroatoms. The topological polar surface area (TPSA) is 21.3 Å². The molecule has 1 aliphatic rings. The summed E-state index contributed by atoms with van der Waals surface area (Å²) >= 11 is 6.19. The highest BCUT2D eigenvalue weighted by molar-refractivity contribution is 6.30. The number of ether oxygens (including phenoxy) is 1. The van der Waals surface area contributed by atoms with E-state index in [9.17, 15) is 0 Å². The lowest BCUT2D eigenvalue weighted by Crippen LogP contribution is -2.27. The van der Waals surface area contributed by atoms with Crippen molar-refractivity contribution in [3.63, 3.8) is 0 Å². The lowest BCUT2D eigenvalue weighted by atomic mass is 9.94. The Bertz CT molecular complexity index is 386. The molecule has 1 unspecified atom stereocenters. The van der Waals surface area contributed by atoms with Crippen molar-refractivity contribution in [3.8, 4) is 5.75 Å². The molecule has 0 aliphatic carbocycles. The molecule has 2 nitrogen and oxygen atoms in total. The molecule has 1 saturated heterocycles. The summed E-state index contributed by atoms with van der Waals surface area (Å²) in [5, 5.41) is 4.36. The summed E-state index contributed by atoms with van der Waals surface area (Å²) in [5.41, 5.74) is 2.42. The Labute approximate surface area is 108 Å². The van der Waals surface area contributed by atoms with Crippen LogP contribution >= 0.6 is 11.6 Å². The maximum Gasteiger partial charge on any atom is 0.126 e. The molecule has 0 radical (unpaired) electrons. The normalized spacial score (nSPS) is 20.3. The van der Waals surface area contributed by atoms with Gasteiger partial charge in [-0.2, -0.15) is 0 Å². The second kappa shape index (κ2) is 5.74. The van der Waals surface area contributed by atoms with Gasteiger partial charge in [0.15, 0.2) is 0 Å². The van der Waals surface area contributed by atoms with Gasteiger partial charge in [-0.15, -0.1) is 0 Å². The van der Waals surface area contributed by atoms with E-state index in [0.29, 0.717) is 6.04 Å². The predicted molar refractivity (Wildman–Crippen MR) is 72.0 cm³/mol. The van der Waals surface area contributed by atoms with Crippen molar-refractivity contribution in [1.29, 1.82) is 0 Å². The van der Waals surface area contributed by atoms with Crippen molar-refractivity contribution in [2.75, 3.05) is 13.7 Å². The predicted octanol–water partition coefficient (Wildman–Crippen LogP) is 3.73. The molecule has 0 saturated carbocycles. The van der Waals surface area contributed by atoms with Crippen LogP contribution in [-0.4, -0.2) is 13.7 Å². The first kappa shape index (κ1) is 12.7. The molecule has 0 aromatic heterocycles. The molecule has 0 bridgehead atoms. The maximum absolute atomic E-state index is 6.19. The number of hydrogen-bond donors (Lipinski definition) is 1. The summed E-state index contributed by atoms with van der Waals surface area (Å²) in [6.45, 7) is 3.22. The molecule has 1 aromatic rings. The van der Waals surface area contributed by atoms with E-state index < -0.39 is 0 Å². The summed E-state index contributed by atoms with van der Waals surface area (Å²) in [6.07, 6.45) is 4.65. The van der Waals surface area contributed by atoms with E-state index in [0.717, 1.165) is 23.7 Å². The SMILES string of the molecule is CCc1cc(Cl)cc(C2CCCCN2)c1OC. The van der Waals surface area contributed by atoms with Crippen LogP contribution in [0.1, 0.15) is 43.4 Å². The van der Waals surface area contributed by atoms with Crippen LogP contribution in [0.2, 0.25) is 5.02 Å². The third kappa shape index (κ3) is 2.75. The second-order valence-electron chi connectivity index (χ2n) is 4.54. The molecule has 0 amide bonds. The Hall–Kier alpha value is -0.730. The lowest BCUT2D eigenvalue weighted by Gasteiger charge is -2.26. The average Bonchev–Trinajstić information content (AvgIpc) is 2.38. The standard InChI is InChI=1S/C14H20ClNO/c1-3-10-8-11(15)9-12(14(10)17-2)13-6-4-5-7-16-13/h8-9,13,16H,3-7H2,1-2H3. The first-order valence-electron chi connectivity index (χ1n) is 6.36. The minimum Gasteiger partial charge on any atom is -0.496 e. The summed E-state index contributed by atoms with van der Waals surface area (Å²) < 4.78 is 5.58. The molecule has 1 aliphatic heterocycles. The Morgan fingerprint density at radius 3 is 2.82 bits per heavy atom. The quantitative estimate of drug-likeness (QED) is 0.886. The minimum absolute atomic E-state index is 0.391. The van der Waals surface area contributed by atoms with Gasteiger partial charge in [0, 0.05) is 16.6 Å². The van der Waals surface area contributed by atoms with Crippen LogP contribution in [0.5, 0.6) is 5.75 Å². The average molecular weight is 254 g/mol. The zero-order valence-corrected chi connectivity index (χ0v) is 11.3. The van der Waals surface area contributed by atoms with Crippen LogP contribution in [0.3, 0.4) is 0 Å². The van der Waals surface area contributed by atoms with Gasteiger partial charge < -0.3 is 10.1 Å². The number of nitrogens with one attached hydrogen (secondary N) is 1. The highest BCUT2D eigenvalue weighted by atomic mass is 35.5. The van der Waals surface area contributed by atoms with Gasteiger partial charge in [-0.25, -0.2) is 0 Å². The monoisotopic (exact) mass is 253 g/mol. The molecule has 1 N–H and O–H groups in total. The fraction of sp³-hybridized carbons (Fsp3) is 0.571. The molecule has 94 valence electrons. The van der Waals surface area contributed by atoms with Gasteiger partial charge >= 0.3 is 0 Å². The molecule has 1 aromatic carbocycles. The Morgan fingerprint density at radius 1 is 1.41 bits per heavy atom. The van der Waals surface area contributed by atoms with E-state index in [1.807, 2.05) is 12.1 Å².